The van der Waals surface area contributed by atoms with Crippen molar-refractivity contribution in [3.05, 3.63) is 29.6 Å². The van der Waals surface area contributed by atoms with Gasteiger partial charge in [0.1, 0.15) is 18.2 Å². The third-order valence-corrected chi connectivity index (χ3v) is 2.94. The maximum atomic E-state index is 12.9. The maximum Gasteiger partial charge on any atom is 0.125 e. The van der Waals surface area contributed by atoms with E-state index in [1.165, 1.54) is 12.1 Å². The van der Waals surface area contributed by atoms with Gasteiger partial charge in [-0.3, -0.25) is 0 Å². The van der Waals surface area contributed by atoms with Crippen molar-refractivity contribution in [2.24, 2.45) is 0 Å². The molecule has 1 aromatic rings. The van der Waals surface area contributed by atoms with E-state index in [2.05, 4.69) is 0 Å². The van der Waals surface area contributed by atoms with E-state index in [4.69, 9.17) is 14.6 Å². The predicted molar refractivity (Wildman–Crippen MR) is 61.4 cm³/mol. The number of hydrogen-bond donors (Lipinski definition) is 1. The highest BCUT2D eigenvalue weighted by molar-refractivity contribution is 5.33. The minimum absolute atomic E-state index is 0.0987. The number of rotatable bonds is 4. The Labute approximate surface area is 100 Å². The Hall–Kier alpha value is -1.13. The molecular weight excluding hydrogens is 223 g/mol. The van der Waals surface area contributed by atoms with Crippen molar-refractivity contribution in [2.45, 2.75) is 38.6 Å². The number of ether oxygens (including phenoxy) is 2. The van der Waals surface area contributed by atoms with Gasteiger partial charge in [-0.25, -0.2) is 4.39 Å². The Balaban J connectivity index is 1.94. The first kappa shape index (κ1) is 12.3. The van der Waals surface area contributed by atoms with Crippen LogP contribution < -0.4 is 4.74 Å². The number of halogens is 1. The molecule has 0 amide bonds. The van der Waals surface area contributed by atoms with Crippen molar-refractivity contribution in [3.63, 3.8) is 0 Å². The van der Waals surface area contributed by atoms with Gasteiger partial charge in [0.15, 0.2) is 0 Å². The molecule has 94 valence electrons. The van der Waals surface area contributed by atoms with Gasteiger partial charge in [-0.05, 0) is 38.0 Å². The summed E-state index contributed by atoms with van der Waals surface area (Å²) in [6.07, 6.45) is 2.41. The van der Waals surface area contributed by atoms with E-state index in [-0.39, 0.29) is 24.6 Å². The van der Waals surface area contributed by atoms with Gasteiger partial charge in [0.2, 0.25) is 0 Å². The second-order valence-corrected chi connectivity index (χ2v) is 4.37. The molecule has 17 heavy (non-hydrogen) atoms. The van der Waals surface area contributed by atoms with Crippen molar-refractivity contribution in [2.75, 3.05) is 6.61 Å². The van der Waals surface area contributed by atoms with Crippen LogP contribution in [0.5, 0.6) is 5.75 Å². The molecule has 0 saturated carbocycles. The first-order valence-corrected chi connectivity index (χ1v) is 5.86. The lowest BCUT2D eigenvalue weighted by Gasteiger charge is -2.14. The van der Waals surface area contributed by atoms with Crippen LogP contribution in [0.15, 0.2) is 18.2 Å². The Kier molecular flexibility index (Phi) is 3.97. The van der Waals surface area contributed by atoms with Crippen molar-refractivity contribution in [1.82, 2.24) is 0 Å². The number of aliphatic hydroxyl groups excluding tert-OH is 1. The average molecular weight is 240 g/mol. The lowest BCUT2D eigenvalue weighted by atomic mass is 10.2. The van der Waals surface area contributed by atoms with Gasteiger partial charge in [0.05, 0.1) is 18.8 Å². The Morgan fingerprint density at radius 3 is 2.94 bits per heavy atom. The number of hydrogen-bond acceptors (Lipinski definition) is 3. The first-order chi connectivity index (χ1) is 8.19. The second kappa shape index (κ2) is 5.47. The fourth-order valence-corrected chi connectivity index (χ4v) is 2.00. The summed E-state index contributed by atoms with van der Waals surface area (Å²) in [6.45, 7) is 2.26. The topological polar surface area (TPSA) is 38.7 Å². The average Bonchev–Trinajstić information content (AvgIpc) is 2.73. The Bertz CT molecular complexity index is 381. The van der Waals surface area contributed by atoms with Gasteiger partial charge in [-0.1, -0.05) is 0 Å². The standard InChI is InChI=1S/C13H17FO3/c1-9-2-4-12(17-9)8-16-13-5-3-11(14)6-10(13)7-15/h3,5-6,9,12,15H,2,4,7-8H2,1H3. The molecule has 4 heteroatoms. The fourth-order valence-electron chi connectivity index (χ4n) is 2.00. The third kappa shape index (κ3) is 3.17. The van der Waals surface area contributed by atoms with Gasteiger partial charge >= 0.3 is 0 Å². The van der Waals surface area contributed by atoms with E-state index in [1.807, 2.05) is 6.92 Å². The normalized spacial score (nSPS) is 23.9. The van der Waals surface area contributed by atoms with Crippen LogP contribution in [-0.4, -0.2) is 23.9 Å². The SMILES string of the molecule is CC1CCC(COc2ccc(F)cc2CO)O1. The molecule has 1 saturated heterocycles. The van der Waals surface area contributed by atoms with Gasteiger partial charge in [0.25, 0.3) is 0 Å². The van der Waals surface area contributed by atoms with Gasteiger partial charge in [0, 0.05) is 5.56 Å². The molecule has 0 radical (unpaired) electrons. The molecule has 1 aliphatic heterocycles. The molecule has 1 fully saturated rings. The van der Waals surface area contributed by atoms with Crippen LogP contribution in [-0.2, 0) is 11.3 Å². The van der Waals surface area contributed by atoms with Crippen LogP contribution in [0, 0.1) is 5.82 Å². The van der Waals surface area contributed by atoms with E-state index in [9.17, 15) is 4.39 Å². The highest BCUT2D eigenvalue weighted by atomic mass is 19.1. The highest BCUT2D eigenvalue weighted by Gasteiger charge is 2.22. The zero-order valence-electron chi connectivity index (χ0n) is 9.86. The van der Waals surface area contributed by atoms with E-state index in [1.54, 1.807) is 6.07 Å². The van der Waals surface area contributed by atoms with E-state index >= 15 is 0 Å². The third-order valence-electron chi connectivity index (χ3n) is 2.94. The summed E-state index contributed by atoms with van der Waals surface area (Å²) < 4.78 is 24.1. The second-order valence-electron chi connectivity index (χ2n) is 4.37. The van der Waals surface area contributed by atoms with Crippen LogP contribution in [0.3, 0.4) is 0 Å². The van der Waals surface area contributed by atoms with Crippen LogP contribution >= 0.6 is 0 Å². The van der Waals surface area contributed by atoms with E-state index in [0.29, 0.717) is 17.9 Å². The molecule has 0 aromatic heterocycles. The summed E-state index contributed by atoms with van der Waals surface area (Å²) in [4.78, 5) is 0. The highest BCUT2D eigenvalue weighted by Crippen LogP contribution is 2.23. The van der Waals surface area contributed by atoms with Gasteiger partial charge in [-0.15, -0.1) is 0 Å². The molecular formula is C13H17FO3. The minimum atomic E-state index is -0.368. The van der Waals surface area contributed by atoms with Crippen LogP contribution in [0.2, 0.25) is 0 Å². The zero-order chi connectivity index (χ0) is 12.3. The molecule has 1 aliphatic rings. The monoisotopic (exact) mass is 240 g/mol. The number of aliphatic hydroxyl groups is 1. The Morgan fingerprint density at radius 2 is 2.29 bits per heavy atom. The smallest absolute Gasteiger partial charge is 0.125 e. The molecule has 2 rings (SSSR count). The summed E-state index contributed by atoms with van der Waals surface area (Å²) in [6, 6.07) is 4.15. The van der Waals surface area contributed by atoms with E-state index in [0.717, 1.165) is 12.8 Å². The molecule has 0 spiro atoms. The van der Waals surface area contributed by atoms with Gasteiger partial charge < -0.3 is 14.6 Å². The minimum Gasteiger partial charge on any atom is -0.491 e. The maximum absolute atomic E-state index is 12.9. The predicted octanol–water partition coefficient (Wildman–Crippen LogP) is 2.26. The summed E-state index contributed by atoms with van der Waals surface area (Å²) >= 11 is 0. The molecule has 3 nitrogen and oxygen atoms in total. The molecule has 0 aliphatic carbocycles. The van der Waals surface area contributed by atoms with Crippen molar-refractivity contribution >= 4 is 0 Å². The first-order valence-electron chi connectivity index (χ1n) is 5.86. The molecule has 1 N–H and O–H groups in total. The van der Waals surface area contributed by atoms with Crippen molar-refractivity contribution in [3.8, 4) is 5.75 Å². The lowest BCUT2D eigenvalue weighted by Crippen LogP contribution is -2.18. The summed E-state index contributed by atoms with van der Waals surface area (Å²) in [5.41, 5.74) is 0.469. The number of benzene rings is 1. The quantitative estimate of drug-likeness (QED) is 0.877. The van der Waals surface area contributed by atoms with Crippen molar-refractivity contribution < 1.29 is 19.0 Å². The Morgan fingerprint density at radius 1 is 1.47 bits per heavy atom. The largest absolute Gasteiger partial charge is 0.491 e. The van der Waals surface area contributed by atoms with Crippen LogP contribution in [0.25, 0.3) is 0 Å². The molecule has 1 aromatic carbocycles. The van der Waals surface area contributed by atoms with E-state index < -0.39 is 0 Å². The zero-order valence-corrected chi connectivity index (χ0v) is 9.86. The molecule has 1 heterocycles. The van der Waals surface area contributed by atoms with Crippen LogP contribution in [0.1, 0.15) is 25.3 Å². The molecule has 0 bridgehead atoms. The van der Waals surface area contributed by atoms with Crippen molar-refractivity contribution in [1.29, 1.82) is 0 Å². The summed E-state index contributed by atoms with van der Waals surface area (Å²) in [5.74, 6) is 0.157. The fraction of sp³-hybridized carbons (Fsp3) is 0.538. The molecule has 2 unspecified atom stereocenters. The summed E-state index contributed by atoms with van der Waals surface area (Å²) in [7, 11) is 0. The lowest BCUT2D eigenvalue weighted by molar-refractivity contribution is 0.0259. The summed E-state index contributed by atoms with van der Waals surface area (Å²) in [5, 5.41) is 9.10. The molecule has 2 atom stereocenters. The van der Waals surface area contributed by atoms with Crippen LogP contribution in [0.4, 0.5) is 4.39 Å². The van der Waals surface area contributed by atoms with Gasteiger partial charge in [-0.2, -0.15) is 0 Å².